The van der Waals surface area contributed by atoms with E-state index in [0.29, 0.717) is 9.13 Å². The molecule has 1 aromatic carbocycles. The van der Waals surface area contributed by atoms with E-state index in [1.807, 2.05) is 29.5 Å². The van der Waals surface area contributed by atoms with Gasteiger partial charge in [-0.25, -0.2) is 14.1 Å². The number of nitrogens with two attached hydrogens (primary N) is 1. The van der Waals surface area contributed by atoms with E-state index in [-0.39, 0.29) is 11.7 Å². The highest BCUT2D eigenvalue weighted by Gasteiger charge is 2.11. The Morgan fingerprint density at radius 1 is 1.53 bits per heavy atom. The summed E-state index contributed by atoms with van der Waals surface area (Å²) in [6, 6.07) is 3.38. The van der Waals surface area contributed by atoms with Gasteiger partial charge in [0.2, 0.25) is 5.95 Å². The summed E-state index contributed by atoms with van der Waals surface area (Å²) in [5, 5.41) is 4.13. The Balaban J connectivity index is 2.38. The highest BCUT2D eigenvalue weighted by molar-refractivity contribution is 14.1. The van der Waals surface area contributed by atoms with Crippen molar-refractivity contribution in [1.29, 1.82) is 0 Å². The molecule has 0 amide bonds. The number of ether oxygens (including phenoxy) is 1. The maximum Gasteiger partial charge on any atom is 0.221 e. The number of rotatable bonds is 3. The van der Waals surface area contributed by atoms with E-state index in [2.05, 4.69) is 10.1 Å². The minimum absolute atomic E-state index is 0.158. The second-order valence-corrected chi connectivity index (χ2v) is 4.98. The van der Waals surface area contributed by atoms with Gasteiger partial charge in [0.05, 0.1) is 28.8 Å². The Kier molecular flexibility index (Phi) is 4.03. The first kappa shape index (κ1) is 13.8. The summed E-state index contributed by atoms with van der Waals surface area (Å²) >= 11 is 1.90. The van der Waals surface area contributed by atoms with Gasteiger partial charge in [-0.3, -0.25) is 0 Å². The van der Waals surface area contributed by atoms with Crippen molar-refractivity contribution in [3.05, 3.63) is 39.0 Å². The molecule has 0 saturated heterocycles. The molecule has 0 aliphatic carbocycles. The van der Waals surface area contributed by atoms with Crippen LogP contribution in [0.3, 0.4) is 0 Å². The molecule has 1 aromatic heterocycles. The number of anilines is 1. The van der Waals surface area contributed by atoms with E-state index in [4.69, 9.17) is 10.5 Å². The SMILES string of the molecule is COc1c(C=Nn2cc(C)nc2N)ccc(I)c1F. The van der Waals surface area contributed by atoms with Gasteiger partial charge in [-0.05, 0) is 41.6 Å². The van der Waals surface area contributed by atoms with Gasteiger partial charge in [0.1, 0.15) is 0 Å². The average molecular weight is 374 g/mol. The summed E-state index contributed by atoms with van der Waals surface area (Å²) < 4.78 is 20.8. The van der Waals surface area contributed by atoms with E-state index in [1.54, 1.807) is 18.3 Å². The van der Waals surface area contributed by atoms with Gasteiger partial charge in [-0.15, -0.1) is 0 Å². The summed E-state index contributed by atoms with van der Waals surface area (Å²) in [5.41, 5.74) is 6.95. The lowest BCUT2D eigenvalue weighted by Crippen LogP contribution is -2.00. The first-order chi connectivity index (χ1) is 9.02. The van der Waals surface area contributed by atoms with Crippen molar-refractivity contribution >= 4 is 34.8 Å². The monoisotopic (exact) mass is 374 g/mol. The Bertz CT molecular complexity index is 639. The van der Waals surface area contributed by atoms with Gasteiger partial charge in [0, 0.05) is 5.56 Å². The Hall–Kier alpha value is -1.64. The fourth-order valence-corrected chi connectivity index (χ4v) is 2.00. The number of hydrogen-bond acceptors (Lipinski definition) is 4. The fraction of sp³-hybridized carbons (Fsp3) is 0.167. The molecule has 0 aliphatic heterocycles. The molecule has 0 unspecified atom stereocenters. The van der Waals surface area contributed by atoms with Gasteiger partial charge in [-0.2, -0.15) is 5.10 Å². The third-order valence-corrected chi connectivity index (χ3v) is 3.27. The Labute approximate surface area is 123 Å². The average Bonchev–Trinajstić information content (AvgIpc) is 2.69. The van der Waals surface area contributed by atoms with Gasteiger partial charge in [0.25, 0.3) is 0 Å². The summed E-state index contributed by atoms with van der Waals surface area (Å²) in [7, 11) is 1.42. The minimum atomic E-state index is -0.401. The zero-order valence-corrected chi connectivity index (χ0v) is 12.6. The van der Waals surface area contributed by atoms with Gasteiger partial charge >= 0.3 is 0 Å². The van der Waals surface area contributed by atoms with Crippen LogP contribution in [0.25, 0.3) is 0 Å². The zero-order valence-electron chi connectivity index (χ0n) is 10.4. The maximum atomic E-state index is 13.8. The molecule has 100 valence electrons. The minimum Gasteiger partial charge on any atom is -0.493 e. The van der Waals surface area contributed by atoms with Crippen LogP contribution in [0.5, 0.6) is 5.75 Å². The number of halogens is 2. The lowest BCUT2D eigenvalue weighted by molar-refractivity contribution is 0.384. The number of nitrogen functional groups attached to an aromatic ring is 1. The van der Waals surface area contributed by atoms with Crippen LogP contribution < -0.4 is 10.5 Å². The maximum absolute atomic E-state index is 13.8. The van der Waals surface area contributed by atoms with Crippen molar-refractivity contribution in [2.45, 2.75) is 6.92 Å². The van der Waals surface area contributed by atoms with Crippen molar-refractivity contribution in [2.75, 3.05) is 12.8 Å². The van der Waals surface area contributed by atoms with Gasteiger partial charge < -0.3 is 10.5 Å². The van der Waals surface area contributed by atoms with Crippen LogP contribution in [0.15, 0.2) is 23.4 Å². The first-order valence-electron chi connectivity index (χ1n) is 5.40. The summed E-state index contributed by atoms with van der Waals surface area (Å²) in [5.74, 6) is 0.0339. The standard InChI is InChI=1S/C12H12FIN4O/c1-7-6-18(12(15)17-7)16-5-8-3-4-9(14)10(13)11(8)19-2/h3-6H,1-2H3,(H2,15,17). The molecule has 7 heteroatoms. The Morgan fingerprint density at radius 2 is 2.26 bits per heavy atom. The second-order valence-electron chi connectivity index (χ2n) is 3.81. The van der Waals surface area contributed by atoms with Crippen LogP contribution in [-0.4, -0.2) is 23.0 Å². The molecule has 2 aromatic rings. The molecule has 0 spiro atoms. The third-order valence-electron chi connectivity index (χ3n) is 2.44. The number of hydrogen-bond donors (Lipinski definition) is 1. The van der Waals surface area contributed by atoms with Crippen LogP contribution in [0.1, 0.15) is 11.3 Å². The van der Waals surface area contributed by atoms with Crippen molar-refractivity contribution in [3.8, 4) is 5.75 Å². The zero-order chi connectivity index (χ0) is 14.0. The Morgan fingerprint density at radius 3 is 2.84 bits per heavy atom. The number of methoxy groups -OCH3 is 1. The van der Waals surface area contributed by atoms with E-state index >= 15 is 0 Å². The molecule has 0 atom stereocenters. The quantitative estimate of drug-likeness (QED) is 0.663. The topological polar surface area (TPSA) is 65.4 Å². The number of aromatic nitrogens is 2. The summed E-state index contributed by atoms with van der Waals surface area (Å²) in [6.45, 7) is 1.81. The van der Waals surface area contributed by atoms with E-state index in [9.17, 15) is 4.39 Å². The molecule has 2 rings (SSSR count). The number of benzene rings is 1. The molecule has 0 bridgehead atoms. The van der Waals surface area contributed by atoms with Crippen molar-refractivity contribution in [2.24, 2.45) is 5.10 Å². The highest BCUT2D eigenvalue weighted by Crippen LogP contribution is 2.25. The second kappa shape index (κ2) is 5.55. The molecule has 19 heavy (non-hydrogen) atoms. The number of nitrogens with zero attached hydrogens (tertiary/aromatic N) is 3. The van der Waals surface area contributed by atoms with Crippen LogP contribution in [-0.2, 0) is 0 Å². The van der Waals surface area contributed by atoms with Crippen LogP contribution in [0.2, 0.25) is 0 Å². The third kappa shape index (κ3) is 2.86. The van der Waals surface area contributed by atoms with Crippen LogP contribution >= 0.6 is 22.6 Å². The van der Waals surface area contributed by atoms with Crippen molar-refractivity contribution < 1.29 is 9.13 Å². The predicted octanol–water partition coefficient (Wildman–Crippen LogP) is 2.41. The molecule has 2 N–H and O–H groups in total. The fourth-order valence-electron chi connectivity index (χ4n) is 1.58. The smallest absolute Gasteiger partial charge is 0.221 e. The molecule has 0 saturated carbocycles. The van der Waals surface area contributed by atoms with E-state index < -0.39 is 5.82 Å². The molecular weight excluding hydrogens is 362 g/mol. The molecule has 5 nitrogen and oxygen atoms in total. The molecule has 0 fully saturated rings. The highest BCUT2D eigenvalue weighted by atomic mass is 127. The van der Waals surface area contributed by atoms with Crippen LogP contribution in [0, 0.1) is 16.3 Å². The predicted molar refractivity (Wildman–Crippen MR) is 80.0 cm³/mol. The van der Waals surface area contributed by atoms with Crippen molar-refractivity contribution in [1.82, 2.24) is 9.66 Å². The van der Waals surface area contributed by atoms with Gasteiger partial charge in [0.15, 0.2) is 11.6 Å². The van der Waals surface area contributed by atoms with E-state index in [0.717, 1.165) is 5.69 Å². The summed E-state index contributed by atoms with van der Waals surface area (Å²) in [4.78, 5) is 4.02. The molecule has 1 heterocycles. The molecule has 0 radical (unpaired) electrons. The van der Waals surface area contributed by atoms with Gasteiger partial charge in [-0.1, -0.05) is 0 Å². The van der Waals surface area contributed by atoms with Crippen molar-refractivity contribution in [3.63, 3.8) is 0 Å². The normalized spacial score (nSPS) is 11.2. The lowest BCUT2D eigenvalue weighted by atomic mass is 10.2. The first-order valence-corrected chi connectivity index (χ1v) is 6.48. The summed E-state index contributed by atoms with van der Waals surface area (Å²) in [6.07, 6.45) is 3.16. The molecule has 0 aliphatic rings. The van der Waals surface area contributed by atoms with Crippen LogP contribution in [0.4, 0.5) is 10.3 Å². The number of imidazole rings is 1. The van der Waals surface area contributed by atoms with E-state index in [1.165, 1.54) is 18.0 Å². The largest absolute Gasteiger partial charge is 0.493 e. The number of aryl methyl sites for hydroxylation is 1. The molecular formula is C12H12FIN4O. The lowest BCUT2D eigenvalue weighted by Gasteiger charge is -2.06.